The molecule has 4 rings (SSSR count). The van der Waals surface area contributed by atoms with E-state index >= 15 is 0 Å². The largest absolute Gasteiger partial charge is 0.493 e. The minimum atomic E-state index is -0.500. The zero-order valence-electron chi connectivity index (χ0n) is 18.9. The van der Waals surface area contributed by atoms with E-state index in [-0.39, 0.29) is 18.0 Å². The van der Waals surface area contributed by atoms with Gasteiger partial charge in [-0.3, -0.25) is 10.2 Å². The number of hydrazone groups is 1. The van der Waals surface area contributed by atoms with Crippen molar-refractivity contribution in [3.05, 3.63) is 58.1 Å². The van der Waals surface area contributed by atoms with Crippen LogP contribution in [-0.2, 0) is 4.79 Å². The molecule has 0 spiro atoms. The van der Waals surface area contributed by atoms with Crippen LogP contribution in [0.25, 0.3) is 6.08 Å². The first-order valence-electron chi connectivity index (χ1n) is 10.6. The Morgan fingerprint density at radius 3 is 2.62 bits per heavy atom. The number of nitrogens with zero attached hydrogens (tertiary/aromatic N) is 3. The maximum Gasteiger partial charge on any atom is 0.283 e. The molecule has 2 aromatic carbocycles. The van der Waals surface area contributed by atoms with Crippen LogP contribution in [0.1, 0.15) is 24.5 Å². The predicted molar refractivity (Wildman–Crippen MR) is 135 cm³/mol. The monoisotopic (exact) mass is 498 g/mol. The smallest absolute Gasteiger partial charge is 0.283 e. The first-order valence-corrected chi connectivity index (χ1v) is 11.8. The summed E-state index contributed by atoms with van der Waals surface area (Å²) in [6, 6.07) is 11.1. The normalized spacial score (nSPS) is 16.4. The van der Waals surface area contributed by atoms with E-state index in [0.29, 0.717) is 40.3 Å². The molecule has 0 aliphatic carbocycles. The van der Waals surface area contributed by atoms with Crippen molar-refractivity contribution in [3.8, 4) is 17.2 Å². The van der Waals surface area contributed by atoms with Gasteiger partial charge >= 0.3 is 0 Å². The van der Waals surface area contributed by atoms with E-state index in [1.165, 1.54) is 23.9 Å². The number of hydrogen-bond donors (Lipinski definition) is 1. The fourth-order valence-electron chi connectivity index (χ4n) is 3.24. The zero-order chi connectivity index (χ0) is 24.2. The highest BCUT2D eigenvalue weighted by molar-refractivity contribution is 8.26. The van der Waals surface area contributed by atoms with Gasteiger partial charge in [-0.05, 0) is 61.0 Å². The van der Waals surface area contributed by atoms with Crippen LogP contribution in [0.4, 0.5) is 0 Å². The van der Waals surface area contributed by atoms with Crippen molar-refractivity contribution in [2.24, 2.45) is 10.1 Å². The van der Waals surface area contributed by atoms with Gasteiger partial charge in [0.2, 0.25) is 5.17 Å². The minimum absolute atomic E-state index is 0.0328. The van der Waals surface area contributed by atoms with E-state index in [9.17, 15) is 4.79 Å². The van der Waals surface area contributed by atoms with E-state index in [0.717, 1.165) is 16.4 Å². The van der Waals surface area contributed by atoms with Gasteiger partial charge in [0.25, 0.3) is 5.91 Å². The molecule has 2 aliphatic rings. The number of aliphatic imine (C=N–C) groups is 1. The van der Waals surface area contributed by atoms with Gasteiger partial charge in [-0.15, -0.1) is 0 Å². The molecule has 0 saturated heterocycles. The number of halogens is 1. The Kier molecular flexibility index (Phi) is 7.23. The quantitative estimate of drug-likeness (QED) is 0.399. The highest BCUT2D eigenvalue weighted by atomic mass is 35.5. The highest BCUT2D eigenvalue weighted by Crippen LogP contribution is 2.37. The van der Waals surface area contributed by atoms with E-state index < -0.39 is 5.91 Å². The molecule has 10 heteroatoms. The van der Waals surface area contributed by atoms with Crippen LogP contribution in [-0.4, -0.2) is 47.3 Å². The van der Waals surface area contributed by atoms with Crippen molar-refractivity contribution in [3.63, 3.8) is 0 Å². The number of thioether (sulfide) groups is 1. The molecule has 176 valence electrons. The molecule has 0 aromatic heterocycles. The summed E-state index contributed by atoms with van der Waals surface area (Å²) in [6.45, 7) is 4.56. The molecule has 0 saturated carbocycles. The Hall–Kier alpha value is -3.30. The molecular formula is C24H23ClN4O4S. The predicted octanol–water partition coefficient (Wildman–Crippen LogP) is 5.14. The standard InChI is InChI=1S/C24H23ClN4O4S/c1-4-20-28-29-22(26)17(23(30)27-24(29)34-20)11-15-12-18(25)21(19(13-15)31-3)33-10-9-32-16-7-5-14(2)6-8-16/h5-8,11-13,26H,4,9-10H2,1-3H3. The fraction of sp³-hybridized carbons (Fsp3) is 0.250. The molecule has 2 heterocycles. The third kappa shape index (κ3) is 5.10. The van der Waals surface area contributed by atoms with Gasteiger partial charge < -0.3 is 14.2 Å². The number of fused-ring (bicyclic) bond motifs is 1. The lowest BCUT2D eigenvalue weighted by Crippen LogP contribution is -2.35. The number of rotatable bonds is 8. The lowest BCUT2D eigenvalue weighted by Gasteiger charge is -2.20. The Morgan fingerprint density at radius 2 is 1.91 bits per heavy atom. The molecule has 2 aromatic rings. The van der Waals surface area contributed by atoms with Crippen LogP contribution in [0.5, 0.6) is 17.2 Å². The third-order valence-corrected chi connectivity index (χ3v) is 6.31. The number of hydrogen-bond acceptors (Lipinski definition) is 7. The number of benzene rings is 2. The Balaban J connectivity index is 1.48. The van der Waals surface area contributed by atoms with Crippen LogP contribution in [0.2, 0.25) is 5.02 Å². The van der Waals surface area contributed by atoms with Crippen LogP contribution in [0.3, 0.4) is 0 Å². The van der Waals surface area contributed by atoms with E-state index in [1.54, 1.807) is 18.2 Å². The van der Waals surface area contributed by atoms with Crippen molar-refractivity contribution in [2.75, 3.05) is 20.3 Å². The summed E-state index contributed by atoms with van der Waals surface area (Å²) in [5.41, 5.74) is 1.84. The summed E-state index contributed by atoms with van der Waals surface area (Å²) in [7, 11) is 1.51. The lowest BCUT2D eigenvalue weighted by atomic mass is 10.1. The van der Waals surface area contributed by atoms with Crippen LogP contribution >= 0.6 is 23.4 Å². The Bertz CT molecular complexity index is 1220. The summed E-state index contributed by atoms with van der Waals surface area (Å²) in [5.74, 6) is 0.995. The first kappa shape index (κ1) is 23.8. The summed E-state index contributed by atoms with van der Waals surface area (Å²) < 4.78 is 17.0. The van der Waals surface area contributed by atoms with Gasteiger partial charge in [-0.2, -0.15) is 15.1 Å². The molecule has 0 bridgehead atoms. The highest BCUT2D eigenvalue weighted by Gasteiger charge is 2.35. The van der Waals surface area contributed by atoms with Crippen molar-refractivity contribution in [2.45, 2.75) is 20.3 Å². The van der Waals surface area contributed by atoms with Crippen LogP contribution in [0.15, 0.2) is 52.1 Å². The van der Waals surface area contributed by atoms with E-state index in [4.69, 9.17) is 31.2 Å². The zero-order valence-corrected chi connectivity index (χ0v) is 20.5. The third-order valence-electron chi connectivity index (χ3n) is 4.98. The van der Waals surface area contributed by atoms with Crippen LogP contribution in [0, 0.1) is 12.3 Å². The van der Waals surface area contributed by atoms with Gasteiger partial charge in [-0.25, -0.2) is 0 Å². The summed E-state index contributed by atoms with van der Waals surface area (Å²) in [5, 5.41) is 15.7. The van der Waals surface area contributed by atoms with Gasteiger partial charge in [0, 0.05) is 0 Å². The number of amidine groups is 2. The average Bonchev–Trinajstić information content (AvgIpc) is 3.24. The van der Waals surface area contributed by atoms with E-state index in [2.05, 4.69) is 10.1 Å². The first-order chi connectivity index (χ1) is 16.4. The molecule has 1 amide bonds. The number of amides is 1. The van der Waals surface area contributed by atoms with E-state index in [1.807, 2.05) is 38.1 Å². The molecule has 34 heavy (non-hydrogen) atoms. The maximum atomic E-state index is 12.6. The van der Waals surface area contributed by atoms with Gasteiger partial charge in [-0.1, -0.05) is 36.2 Å². The summed E-state index contributed by atoms with van der Waals surface area (Å²) >= 11 is 7.77. The van der Waals surface area contributed by atoms with Gasteiger partial charge in [0.1, 0.15) is 24.0 Å². The molecule has 0 unspecified atom stereocenters. The molecule has 0 fully saturated rings. The van der Waals surface area contributed by atoms with Crippen molar-refractivity contribution in [1.29, 1.82) is 5.41 Å². The Labute approximate surface area is 206 Å². The molecular weight excluding hydrogens is 476 g/mol. The maximum absolute atomic E-state index is 12.6. The number of methoxy groups -OCH3 is 1. The second-order valence-electron chi connectivity index (χ2n) is 7.41. The molecule has 1 N–H and O–H groups in total. The number of ether oxygens (including phenoxy) is 3. The summed E-state index contributed by atoms with van der Waals surface area (Å²) in [4.78, 5) is 16.6. The topological polar surface area (TPSA) is 96.6 Å². The number of aryl methyl sites for hydroxylation is 1. The molecule has 8 nitrogen and oxygen atoms in total. The molecule has 0 radical (unpaired) electrons. The van der Waals surface area contributed by atoms with Crippen molar-refractivity contribution >= 4 is 51.4 Å². The van der Waals surface area contributed by atoms with Crippen molar-refractivity contribution in [1.82, 2.24) is 5.01 Å². The second-order valence-corrected chi connectivity index (χ2v) is 8.86. The van der Waals surface area contributed by atoms with Crippen LogP contribution < -0.4 is 14.2 Å². The average molecular weight is 499 g/mol. The number of carbonyl (C=O) groups excluding carboxylic acids is 1. The minimum Gasteiger partial charge on any atom is -0.493 e. The lowest BCUT2D eigenvalue weighted by molar-refractivity contribution is -0.114. The number of nitrogens with one attached hydrogen (secondary N) is 1. The van der Waals surface area contributed by atoms with Gasteiger partial charge in [0.15, 0.2) is 17.3 Å². The molecule has 0 atom stereocenters. The molecule has 2 aliphatic heterocycles. The van der Waals surface area contributed by atoms with Crippen molar-refractivity contribution < 1.29 is 19.0 Å². The fourth-order valence-corrected chi connectivity index (χ4v) is 4.34. The Morgan fingerprint density at radius 1 is 1.18 bits per heavy atom. The number of carbonyl (C=O) groups is 1. The SMILES string of the molecule is CCC1=NN2C(=N)C(=Cc3cc(Cl)c(OCCOc4ccc(C)cc4)c(OC)c3)C(=O)N=C2S1. The summed E-state index contributed by atoms with van der Waals surface area (Å²) in [6.07, 6.45) is 2.25. The van der Waals surface area contributed by atoms with Gasteiger partial charge in [0.05, 0.1) is 17.7 Å². The second kappa shape index (κ2) is 10.3.